The molecular weight excluding hydrogens is 174 g/mol. The second-order valence-electron chi connectivity index (χ2n) is 4.56. The predicted octanol–water partition coefficient (Wildman–Crippen LogP) is 2.17. The SMILES string of the molecule is CCC(CC)NCC1CCCC1CO. The number of hydrogen-bond donors (Lipinski definition) is 2. The zero-order valence-corrected chi connectivity index (χ0v) is 9.63. The molecule has 1 aliphatic rings. The molecule has 0 amide bonds. The molecule has 1 saturated carbocycles. The number of rotatable bonds is 6. The summed E-state index contributed by atoms with van der Waals surface area (Å²) in [5.41, 5.74) is 0. The highest BCUT2D eigenvalue weighted by atomic mass is 16.3. The molecule has 0 saturated heterocycles. The van der Waals surface area contributed by atoms with E-state index in [1.807, 2.05) is 0 Å². The normalized spacial score (nSPS) is 27.4. The van der Waals surface area contributed by atoms with Crippen molar-refractivity contribution in [2.75, 3.05) is 13.2 Å². The fourth-order valence-electron chi connectivity index (χ4n) is 2.52. The van der Waals surface area contributed by atoms with Gasteiger partial charge in [0, 0.05) is 12.6 Å². The molecule has 0 bridgehead atoms. The van der Waals surface area contributed by atoms with Crippen molar-refractivity contribution in [2.45, 2.75) is 52.0 Å². The lowest BCUT2D eigenvalue weighted by atomic mass is 9.96. The minimum atomic E-state index is 0.384. The molecule has 0 radical (unpaired) electrons. The standard InChI is InChI=1S/C12H25NO/c1-3-12(4-2)13-8-10-6-5-7-11(10)9-14/h10-14H,3-9H2,1-2H3. The van der Waals surface area contributed by atoms with Crippen LogP contribution in [0.2, 0.25) is 0 Å². The van der Waals surface area contributed by atoms with Crippen LogP contribution in [0.25, 0.3) is 0 Å². The molecule has 0 aromatic heterocycles. The first-order chi connectivity index (χ1) is 6.81. The summed E-state index contributed by atoms with van der Waals surface area (Å²) in [7, 11) is 0. The van der Waals surface area contributed by atoms with Crippen molar-refractivity contribution < 1.29 is 5.11 Å². The van der Waals surface area contributed by atoms with E-state index in [0.717, 1.165) is 12.5 Å². The quantitative estimate of drug-likeness (QED) is 0.687. The molecule has 14 heavy (non-hydrogen) atoms. The van der Waals surface area contributed by atoms with Crippen molar-refractivity contribution in [2.24, 2.45) is 11.8 Å². The highest BCUT2D eigenvalue weighted by Gasteiger charge is 2.26. The average Bonchev–Trinajstić information content (AvgIpc) is 2.67. The Kier molecular flexibility index (Phi) is 5.49. The molecule has 2 N–H and O–H groups in total. The van der Waals surface area contributed by atoms with Gasteiger partial charge in [-0.25, -0.2) is 0 Å². The van der Waals surface area contributed by atoms with Crippen LogP contribution in [0.3, 0.4) is 0 Å². The third-order valence-corrected chi connectivity index (χ3v) is 3.71. The highest BCUT2D eigenvalue weighted by Crippen LogP contribution is 2.30. The molecule has 1 rings (SSSR count). The van der Waals surface area contributed by atoms with Gasteiger partial charge in [-0.05, 0) is 44.1 Å². The van der Waals surface area contributed by atoms with Gasteiger partial charge in [0.25, 0.3) is 0 Å². The minimum Gasteiger partial charge on any atom is -0.396 e. The van der Waals surface area contributed by atoms with Crippen LogP contribution in [0, 0.1) is 11.8 Å². The van der Waals surface area contributed by atoms with Gasteiger partial charge in [0.05, 0.1) is 0 Å². The third-order valence-electron chi connectivity index (χ3n) is 3.71. The van der Waals surface area contributed by atoms with E-state index in [4.69, 9.17) is 0 Å². The van der Waals surface area contributed by atoms with Gasteiger partial charge in [0.1, 0.15) is 0 Å². The molecule has 0 heterocycles. The lowest BCUT2D eigenvalue weighted by molar-refractivity contribution is 0.189. The molecule has 1 fully saturated rings. The summed E-state index contributed by atoms with van der Waals surface area (Å²) in [5, 5.41) is 12.8. The number of aliphatic hydroxyl groups excluding tert-OH is 1. The molecule has 2 atom stereocenters. The minimum absolute atomic E-state index is 0.384. The largest absolute Gasteiger partial charge is 0.396 e. The van der Waals surface area contributed by atoms with E-state index < -0.39 is 0 Å². The van der Waals surface area contributed by atoms with Gasteiger partial charge >= 0.3 is 0 Å². The van der Waals surface area contributed by atoms with E-state index in [9.17, 15) is 5.11 Å². The van der Waals surface area contributed by atoms with Crippen molar-refractivity contribution in [3.8, 4) is 0 Å². The maximum Gasteiger partial charge on any atom is 0.0462 e. The molecule has 2 heteroatoms. The van der Waals surface area contributed by atoms with Gasteiger partial charge in [0.2, 0.25) is 0 Å². The first-order valence-electron chi connectivity index (χ1n) is 6.16. The van der Waals surface area contributed by atoms with Gasteiger partial charge in [-0.15, -0.1) is 0 Å². The maximum atomic E-state index is 9.19. The average molecular weight is 199 g/mol. The topological polar surface area (TPSA) is 32.3 Å². The summed E-state index contributed by atoms with van der Waals surface area (Å²) in [6.07, 6.45) is 6.27. The summed E-state index contributed by atoms with van der Waals surface area (Å²) in [4.78, 5) is 0. The predicted molar refractivity (Wildman–Crippen MR) is 60.3 cm³/mol. The molecular formula is C12H25NO. The number of hydrogen-bond acceptors (Lipinski definition) is 2. The van der Waals surface area contributed by atoms with Crippen LogP contribution in [0.15, 0.2) is 0 Å². The van der Waals surface area contributed by atoms with Crippen LogP contribution >= 0.6 is 0 Å². The van der Waals surface area contributed by atoms with Crippen LogP contribution in [0.1, 0.15) is 46.0 Å². The summed E-state index contributed by atoms with van der Waals surface area (Å²) in [6, 6.07) is 0.676. The smallest absolute Gasteiger partial charge is 0.0462 e. The first kappa shape index (κ1) is 12.0. The molecule has 0 aromatic rings. The molecule has 0 spiro atoms. The Balaban J connectivity index is 2.22. The van der Waals surface area contributed by atoms with Gasteiger partial charge in [0.15, 0.2) is 0 Å². The molecule has 84 valence electrons. The van der Waals surface area contributed by atoms with Crippen molar-refractivity contribution in [1.29, 1.82) is 0 Å². The lowest BCUT2D eigenvalue weighted by Gasteiger charge is -2.21. The Morgan fingerprint density at radius 1 is 1.21 bits per heavy atom. The number of aliphatic hydroxyl groups is 1. The summed E-state index contributed by atoms with van der Waals surface area (Å²) in [6.45, 7) is 5.96. The molecule has 0 aromatic carbocycles. The van der Waals surface area contributed by atoms with Gasteiger partial charge in [-0.1, -0.05) is 20.3 Å². The lowest BCUT2D eigenvalue weighted by Crippen LogP contribution is -2.34. The van der Waals surface area contributed by atoms with E-state index in [1.54, 1.807) is 0 Å². The zero-order chi connectivity index (χ0) is 10.4. The second kappa shape index (κ2) is 6.41. The fourth-order valence-corrected chi connectivity index (χ4v) is 2.52. The molecule has 2 unspecified atom stereocenters. The first-order valence-corrected chi connectivity index (χ1v) is 6.16. The van der Waals surface area contributed by atoms with Crippen LogP contribution < -0.4 is 5.32 Å². The van der Waals surface area contributed by atoms with Gasteiger partial charge in [-0.2, -0.15) is 0 Å². The summed E-state index contributed by atoms with van der Waals surface area (Å²) in [5.74, 6) is 1.29. The van der Waals surface area contributed by atoms with Crippen molar-refractivity contribution >= 4 is 0 Å². The summed E-state index contributed by atoms with van der Waals surface area (Å²) >= 11 is 0. The van der Waals surface area contributed by atoms with Gasteiger partial charge in [-0.3, -0.25) is 0 Å². The zero-order valence-electron chi connectivity index (χ0n) is 9.63. The monoisotopic (exact) mass is 199 g/mol. The Morgan fingerprint density at radius 3 is 2.43 bits per heavy atom. The Morgan fingerprint density at radius 2 is 1.86 bits per heavy atom. The molecule has 1 aliphatic carbocycles. The van der Waals surface area contributed by atoms with Crippen LogP contribution in [-0.2, 0) is 0 Å². The fraction of sp³-hybridized carbons (Fsp3) is 1.00. The maximum absolute atomic E-state index is 9.19. The Labute approximate surface area is 88.1 Å². The third kappa shape index (κ3) is 3.25. The Hall–Kier alpha value is -0.0800. The van der Waals surface area contributed by atoms with E-state index in [1.165, 1.54) is 32.1 Å². The van der Waals surface area contributed by atoms with Crippen LogP contribution in [-0.4, -0.2) is 24.3 Å². The second-order valence-corrected chi connectivity index (χ2v) is 4.56. The van der Waals surface area contributed by atoms with Crippen LogP contribution in [0.5, 0.6) is 0 Å². The van der Waals surface area contributed by atoms with E-state index in [-0.39, 0.29) is 0 Å². The Bertz CT molecular complexity index is 145. The number of nitrogens with one attached hydrogen (secondary N) is 1. The highest BCUT2D eigenvalue weighted by molar-refractivity contribution is 4.79. The van der Waals surface area contributed by atoms with Crippen LogP contribution in [0.4, 0.5) is 0 Å². The molecule has 0 aliphatic heterocycles. The van der Waals surface area contributed by atoms with E-state index in [0.29, 0.717) is 18.6 Å². The summed E-state index contributed by atoms with van der Waals surface area (Å²) < 4.78 is 0. The molecule has 2 nitrogen and oxygen atoms in total. The van der Waals surface area contributed by atoms with E-state index in [2.05, 4.69) is 19.2 Å². The van der Waals surface area contributed by atoms with Crippen molar-refractivity contribution in [1.82, 2.24) is 5.32 Å². The van der Waals surface area contributed by atoms with Crippen molar-refractivity contribution in [3.63, 3.8) is 0 Å². The van der Waals surface area contributed by atoms with E-state index >= 15 is 0 Å². The van der Waals surface area contributed by atoms with Crippen molar-refractivity contribution in [3.05, 3.63) is 0 Å². The van der Waals surface area contributed by atoms with Gasteiger partial charge < -0.3 is 10.4 Å².